The minimum Gasteiger partial charge on any atom is -0.497 e. The van der Waals surface area contributed by atoms with Crippen molar-refractivity contribution in [1.82, 2.24) is 9.88 Å². The minimum absolute atomic E-state index is 0.00283. The molecule has 1 aliphatic rings. The molecule has 5 heteroatoms. The van der Waals surface area contributed by atoms with Gasteiger partial charge in [-0.3, -0.25) is 4.79 Å². The van der Waals surface area contributed by atoms with Crippen LogP contribution >= 0.6 is 11.6 Å². The number of fused-ring (bicyclic) bond motifs is 1. The van der Waals surface area contributed by atoms with Crippen molar-refractivity contribution >= 4 is 28.4 Å². The van der Waals surface area contributed by atoms with Crippen LogP contribution in [0.4, 0.5) is 0 Å². The quantitative estimate of drug-likeness (QED) is 0.325. The van der Waals surface area contributed by atoms with E-state index in [-0.39, 0.29) is 11.9 Å². The number of nitrogens with one attached hydrogen (secondary N) is 1. The first-order valence-corrected chi connectivity index (χ1v) is 12.3. The molecule has 4 nitrogen and oxygen atoms in total. The lowest BCUT2D eigenvalue weighted by Crippen LogP contribution is -2.37. The fourth-order valence-corrected chi connectivity index (χ4v) is 5.00. The van der Waals surface area contributed by atoms with Gasteiger partial charge < -0.3 is 14.6 Å². The maximum atomic E-state index is 13.4. The third-order valence-electron chi connectivity index (χ3n) is 6.75. The van der Waals surface area contributed by atoms with Crippen LogP contribution < -0.4 is 10.1 Å². The van der Waals surface area contributed by atoms with Gasteiger partial charge >= 0.3 is 0 Å². The predicted molar refractivity (Wildman–Crippen MR) is 139 cm³/mol. The predicted octanol–water partition coefficient (Wildman–Crippen LogP) is 7.08. The highest BCUT2D eigenvalue weighted by Crippen LogP contribution is 2.29. The number of methoxy groups -OCH3 is 1. The molecule has 3 aromatic carbocycles. The van der Waals surface area contributed by atoms with Crippen LogP contribution in [0.2, 0.25) is 5.02 Å². The summed E-state index contributed by atoms with van der Waals surface area (Å²) >= 11 is 6.09. The Morgan fingerprint density at radius 3 is 2.35 bits per heavy atom. The Balaban J connectivity index is 1.52. The molecule has 5 rings (SSSR count). The van der Waals surface area contributed by atoms with Crippen molar-refractivity contribution in [2.45, 2.75) is 44.7 Å². The van der Waals surface area contributed by atoms with Crippen LogP contribution in [-0.4, -0.2) is 23.6 Å². The van der Waals surface area contributed by atoms with Crippen LogP contribution in [0.3, 0.4) is 0 Å². The minimum atomic E-state index is 0.00283. The van der Waals surface area contributed by atoms with E-state index in [1.807, 2.05) is 42.5 Å². The van der Waals surface area contributed by atoms with Gasteiger partial charge in [0.2, 0.25) is 0 Å². The van der Waals surface area contributed by atoms with Crippen molar-refractivity contribution in [2.24, 2.45) is 0 Å². The summed E-state index contributed by atoms with van der Waals surface area (Å²) in [6, 6.07) is 24.5. The summed E-state index contributed by atoms with van der Waals surface area (Å²) in [6.45, 7) is 0.607. The molecule has 0 aliphatic heterocycles. The number of carbonyl (C=O) groups excluding carboxylic acids is 1. The summed E-state index contributed by atoms with van der Waals surface area (Å²) in [4.78, 5) is 13.4. The first-order valence-electron chi connectivity index (χ1n) is 11.9. The highest BCUT2D eigenvalue weighted by atomic mass is 35.5. The standard InChI is InChI=1S/C29H29ClN2O2/c1-34-26-14-9-21(10-15-26)22-11-16-27-23(17-22)18-28(29(33)31-25-5-3-2-4-6-25)32(27)19-20-7-12-24(30)13-8-20/h7-18,25H,2-6,19H2,1H3,(H,31,33). The number of hydrogen-bond donors (Lipinski definition) is 1. The number of benzene rings is 3. The average molecular weight is 473 g/mol. The van der Waals surface area contributed by atoms with E-state index in [2.05, 4.69) is 40.2 Å². The van der Waals surface area contributed by atoms with Crippen molar-refractivity contribution in [1.29, 1.82) is 0 Å². The van der Waals surface area contributed by atoms with Gasteiger partial charge in [-0.05, 0) is 72.0 Å². The topological polar surface area (TPSA) is 43.3 Å². The molecule has 1 fully saturated rings. The molecule has 0 saturated heterocycles. The summed E-state index contributed by atoms with van der Waals surface area (Å²) in [5, 5.41) is 5.06. The smallest absolute Gasteiger partial charge is 0.268 e. The molecule has 0 radical (unpaired) electrons. The zero-order valence-electron chi connectivity index (χ0n) is 19.4. The second kappa shape index (κ2) is 9.94. The molecular formula is C29H29ClN2O2. The van der Waals surface area contributed by atoms with Gasteiger partial charge in [0.15, 0.2) is 0 Å². The molecule has 0 bridgehead atoms. The van der Waals surface area contributed by atoms with Gasteiger partial charge in [-0.25, -0.2) is 0 Å². The second-order valence-electron chi connectivity index (χ2n) is 9.05. The fourth-order valence-electron chi connectivity index (χ4n) is 4.87. The Labute approximate surface area is 205 Å². The van der Waals surface area contributed by atoms with Gasteiger partial charge in [0, 0.05) is 28.5 Å². The van der Waals surface area contributed by atoms with Crippen LogP contribution in [0.25, 0.3) is 22.0 Å². The molecule has 1 aliphatic carbocycles. The Hall–Kier alpha value is -3.24. The summed E-state index contributed by atoms with van der Waals surface area (Å²) < 4.78 is 7.41. The Kier molecular flexibility index (Phi) is 6.59. The maximum absolute atomic E-state index is 13.4. The van der Waals surface area contributed by atoms with Crippen LogP contribution in [0, 0.1) is 0 Å². The van der Waals surface area contributed by atoms with Gasteiger partial charge in [-0.15, -0.1) is 0 Å². The van der Waals surface area contributed by atoms with Gasteiger partial charge in [0.25, 0.3) is 5.91 Å². The summed E-state index contributed by atoms with van der Waals surface area (Å²) in [7, 11) is 1.67. The van der Waals surface area contributed by atoms with Gasteiger partial charge in [0.1, 0.15) is 11.4 Å². The number of carbonyl (C=O) groups is 1. The third-order valence-corrected chi connectivity index (χ3v) is 7.00. The average Bonchev–Trinajstić information content (AvgIpc) is 3.24. The van der Waals surface area contributed by atoms with Gasteiger partial charge in [-0.2, -0.15) is 0 Å². The highest BCUT2D eigenvalue weighted by Gasteiger charge is 2.21. The normalized spacial score (nSPS) is 14.3. The van der Waals surface area contributed by atoms with E-state index in [4.69, 9.17) is 16.3 Å². The van der Waals surface area contributed by atoms with Crippen LogP contribution in [0.5, 0.6) is 5.75 Å². The summed E-state index contributed by atoms with van der Waals surface area (Å²) in [5.74, 6) is 0.837. The molecule has 0 spiro atoms. The molecule has 1 saturated carbocycles. The summed E-state index contributed by atoms with van der Waals surface area (Å²) in [6.07, 6.45) is 5.75. The number of amides is 1. The maximum Gasteiger partial charge on any atom is 0.268 e. The Morgan fingerprint density at radius 1 is 0.941 bits per heavy atom. The largest absolute Gasteiger partial charge is 0.497 e. The van der Waals surface area contributed by atoms with Crippen molar-refractivity contribution in [3.63, 3.8) is 0 Å². The second-order valence-corrected chi connectivity index (χ2v) is 9.49. The van der Waals surface area contributed by atoms with E-state index in [0.717, 1.165) is 46.2 Å². The molecule has 0 unspecified atom stereocenters. The number of halogens is 1. The first-order chi connectivity index (χ1) is 16.6. The zero-order valence-corrected chi connectivity index (χ0v) is 20.1. The fraction of sp³-hybridized carbons (Fsp3) is 0.276. The van der Waals surface area contributed by atoms with E-state index in [0.29, 0.717) is 17.3 Å². The van der Waals surface area contributed by atoms with E-state index in [1.165, 1.54) is 19.3 Å². The van der Waals surface area contributed by atoms with Crippen LogP contribution in [-0.2, 0) is 6.54 Å². The number of ether oxygens (including phenoxy) is 1. The Bertz CT molecular complexity index is 1290. The summed E-state index contributed by atoms with van der Waals surface area (Å²) in [5.41, 5.74) is 5.07. The molecule has 4 aromatic rings. The van der Waals surface area contributed by atoms with E-state index < -0.39 is 0 Å². The first kappa shape index (κ1) is 22.5. The van der Waals surface area contributed by atoms with Crippen molar-refractivity contribution in [3.05, 3.63) is 89.1 Å². The number of aromatic nitrogens is 1. The highest BCUT2D eigenvalue weighted by molar-refractivity contribution is 6.30. The SMILES string of the molecule is COc1ccc(-c2ccc3c(c2)cc(C(=O)NC2CCCCC2)n3Cc2ccc(Cl)cc2)cc1. The van der Waals surface area contributed by atoms with Crippen LogP contribution in [0.1, 0.15) is 48.2 Å². The molecule has 174 valence electrons. The number of rotatable bonds is 6. The molecule has 1 heterocycles. The zero-order chi connectivity index (χ0) is 23.5. The molecule has 34 heavy (non-hydrogen) atoms. The van der Waals surface area contributed by atoms with E-state index in [9.17, 15) is 4.79 Å². The monoisotopic (exact) mass is 472 g/mol. The van der Waals surface area contributed by atoms with Crippen molar-refractivity contribution in [3.8, 4) is 16.9 Å². The van der Waals surface area contributed by atoms with Gasteiger partial charge in [-0.1, -0.05) is 61.2 Å². The number of hydrogen-bond acceptors (Lipinski definition) is 2. The molecular weight excluding hydrogens is 444 g/mol. The third kappa shape index (κ3) is 4.83. The lowest BCUT2D eigenvalue weighted by molar-refractivity contribution is 0.0919. The molecule has 0 atom stereocenters. The van der Waals surface area contributed by atoms with Crippen molar-refractivity contribution in [2.75, 3.05) is 7.11 Å². The molecule has 1 aromatic heterocycles. The lowest BCUT2D eigenvalue weighted by Gasteiger charge is -2.23. The lowest BCUT2D eigenvalue weighted by atomic mass is 9.95. The Morgan fingerprint density at radius 2 is 1.65 bits per heavy atom. The van der Waals surface area contributed by atoms with E-state index in [1.54, 1.807) is 7.11 Å². The molecule has 1 N–H and O–H groups in total. The van der Waals surface area contributed by atoms with Crippen molar-refractivity contribution < 1.29 is 9.53 Å². The number of nitrogens with zero attached hydrogens (tertiary/aromatic N) is 1. The van der Waals surface area contributed by atoms with E-state index >= 15 is 0 Å². The van der Waals surface area contributed by atoms with Crippen LogP contribution in [0.15, 0.2) is 72.8 Å². The van der Waals surface area contributed by atoms with Gasteiger partial charge in [0.05, 0.1) is 7.11 Å². The molecule has 1 amide bonds.